The fourth-order valence-electron chi connectivity index (χ4n) is 2.26. The molecule has 0 aliphatic carbocycles. The zero-order chi connectivity index (χ0) is 15.7. The lowest BCUT2D eigenvalue weighted by Crippen LogP contribution is -2.38. The zero-order valence-electron chi connectivity index (χ0n) is 13.6. The minimum Gasteiger partial charge on any atom is -0.479 e. The molecule has 1 N–H and O–H groups in total. The quantitative estimate of drug-likeness (QED) is 0.759. The first-order valence-electron chi connectivity index (χ1n) is 7.48. The summed E-state index contributed by atoms with van der Waals surface area (Å²) in [6, 6.07) is 10.4. The van der Waals surface area contributed by atoms with Crippen LogP contribution in [-0.2, 0) is 6.54 Å². The molecule has 21 heavy (non-hydrogen) atoms. The lowest BCUT2D eigenvalue weighted by Gasteiger charge is -2.26. The van der Waals surface area contributed by atoms with E-state index in [-0.39, 0.29) is 6.61 Å². The Kier molecular flexibility index (Phi) is 7.81. The third-order valence-corrected chi connectivity index (χ3v) is 3.38. The van der Waals surface area contributed by atoms with Crippen molar-refractivity contribution in [1.29, 1.82) is 5.26 Å². The van der Waals surface area contributed by atoms with Crippen molar-refractivity contribution in [1.82, 2.24) is 10.2 Å². The van der Waals surface area contributed by atoms with Crippen molar-refractivity contribution in [3.05, 3.63) is 29.8 Å². The molecule has 0 radical (unpaired) electrons. The Morgan fingerprint density at radius 2 is 2.10 bits per heavy atom. The molecule has 1 aromatic rings. The highest BCUT2D eigenvalue weighted by Gasteiger charge is 2.12. The van der Waals surface area contributed by atoms with E-state index < -0.39 is 0 Å². The molecule has 0 saturated heterocycles. The summed E-state index contributed by atoms with van der Waals surface area (Å²) >= 11 is 0. The van der Waals surface area contributed by atoms with Crippen LogP contribution >= 0.6 is 0 Å². The van der Waals surface area contributed by atoms with E-state index in [2.05, 4.69) is 44.2 Å². The van der Waals surface area contributed by atoms with Crippen molar-refractivity contribution >= 4 is 0 Å². The predicted octanol–water partition coefficient (Wildman–Crippen LogP) is 2.65. The molecular weight excluding hydrogens is 262 g/mol. The van der Waals surface area contributed by atoms with Gasteiger partial charge in [0.05, 0.1) is 0 Å². The molecule has 0 spiro atoms. The number of benzene rings is 1. The maximum Gasteiger partial charge on any atom is 0.174 e. The summed E-state index contributed by atoms with van der Waals surface area (Å²) in [6.45, 7) is 6.38. The first kappa shape index (κ1) is 17.5. The fraction of sp³-hybridized carbons (Fsp3) is 0.588. The molecule has 4 nitrogen and oxygen atoms in total. The second-order valence-electron chi connectivity index (χ2n) is 5.97. The summed E-state index contributed by atoms with van der Waals surface area (Å²) in [5.41, 5.74) is 1.17. The highest BCUT2D eigenvalue weighted by atomic mass is 16.5. The normalized spacial score (nSPS) is 12.4. The molecule has 0 heterocycles. The van der Waals surface area contributed by atoms with Crippen molar-refractivity contribution < 1.29 is 4.74 Å². The van der Waals surface area contributed by atoms with Gasteiger partial charge in [-0.05, 0) is 44.1 Å². The summed E-state index contributed by atoms with van der Waals surface area (Å²) in [6.07, 6.45) is 1.19. The smallest absolute Gasteiger partial charge is 0.174 e. The van der Waals surface area contributed by atoms with Crippen LogP contribution in [-0.4, -0.2) is 38.2 Å². The average Bonchev–Trinajstić information content (AvgIpc) is 2.44. The zero-order valence-corrected chi connectivity index (χ0v) is 13.6. The summed E-state index contributed by atoms with van der Waals surface area (Å²) in [5, 5.41) is 12.0. The standard InChI is InChI=1S/C17H27N3O/c1-14(2)10-16(20(3)4)13-19-12-15-6-5-7-17(11-15)21-9-8-18/h5-7,11,14,16,19H,9-10,12-13H2,1-4H3. The van der Waals surface area contributed by atoms with Gasteiger partial charge in [-0.1, -0.05) is 26.0 Å². The lowest BCUT2D eigenvalue weighted by atomic mass is 10.0. The summed E-state index contributed by atoms with van der Waals surface area (Å²) in [4.78, 5) is 2.28. The van der Waals surface area contributed by atoms with E-state index in [9.17, 15) is 0 Å². The van der Waals surface area contributed by atoms with E-state index in [0.29, 0.717) is 12.0 Å². The van der Waals surface area contributed by atoms with Gasteiger partial charge >= 0.3 is 0 Å². The first-order valence-corrected chi connectivity index (χ1v) is 7.48. The molecule has 0 aliphatic heterocycles. The van der Waals surface area contributed by atoms with Gasteiger partial charge in [-0.3, -0.25) is 0 Å². The molecule has 0 fully saturated rings. The molecule has 1 rings (SSSR count). The number of nitriles is 1. The van der Waals surface area contributed by atoms with Crippen molar-refractivity contribution in [2.75, 3.05) is 27.2 Å². The minimum atomic E-state index is 0.0912. The number of nitrogens with one attached hydrogen (secondary N) is 1. The van der Waals surface area contributed by atoms with Crippen LogP contribution < -0.4 is 10.1 Å². The summed E-state index contributed by atoms with van der Waals surface area (Å²) in [5.74, 6) is 1.45. The van der Waals surface area contributed by atoms with Gasteiger partial charge in [-0.15, -0.1) is 0 Å². The fourth-order valence-corrected chi connectivity index (χ4v) is 2.26. The molecule has 116 valence electrons. The van der Waals surface area contributed by atoms with Crippen LogP contribution in [0.4, 0.5) is 0 Å². The maximum atomic E-state index is 8.53. The van der Waals surface area contributed by atoms with Gasteiger partial charge in [0.1, 0.15) is 11.8 Å². The largest absolute Gasteiger partial charge is 0.479 e. The molecule has 4 heteroatoms. The second-order valence-corrected chi connectivity index (χ2v) is 5.97. The molecule has 0 amide bonds. The van der Waals surface area contributed by atoms with Gasteiger partial charge in [0.15, 0.2) is 6.61 Å². The van der Waals surface area contributed by atoms with Crippen LogP contribution in [0.1, 0.15) is 25.8 Å². The van der Waals surface area contributed by atoms with E-state index in [0.717, 1.165) is 18.8 Å². The summed E-state index contributed by atoms with van der Waals surface area (Å²) in [7, 11) is 4.26. The molecule has 0 bridgehead atoms. The number of rotatable bonds is 9. The van der Waals surface area contributed by atoms with Crippen LogP contribution in [0.5, 0.6) is 5.75 Å². The SMILES string of the molecule is CC(C)CC(CNCc1cccc(OCC#N)c1)N(C)C. The molecule has 1 atom stereocenters. The van der Waals surface area contributed by atoms with Gasteiger partial charge in [-0.25, -0.2) is 0 Å². The van der Waals surface area contributed by atoms with Gasteiger partial charge in [0, 0.05) is 19.1 Å². The van der Waals surface area contributed by atoms with E-state index in [1.165, 1.54) is 12.0 Å². The van der Waals surface area contributed by atoms with Gasteiger partial charge in [0.25, 0.3) is 0 Å². The molecular formula is C17H27N3O. The Bertz CT molecular complexity index is 452. The number of hydrogen-bond acceptors (Lipinski definition) is 4. The number of likely N-dealkylation sites (N-methyl/N-ethyl adjacent to an activating group) is 1. The number of nitrogens with zero attached hydrogens (tertiary/aromatic N) is 2. The minimum absolute atomic E-state index is 0.0912. The third-order valence-electron chi connectivity index (χ3n) is 3.38. The molecule has 0 aliphatic rings. The van der Waals surface area contributed by atoms with Crippen molar-refractivity contribution in [2.45, 2.75) is 32.9 Å². The maximum absolute atomic E-state index is 8.53. The first-order chi connectivity index (χ1) is 10.0. The van der Waals surface area contributed by atoms with Crippen LogP contribution in [0.2, 0.25) is 0 Å². The van der Waals surface area contributed by atoms with Crippen LogP contribution in [0, 0.1) is 17.2 Å². The molecule has 0 saturated carbocycles. The lowest BCUT2D eigenvalue weighted by molar-refractivity contribution is 0.246. The second kappa shape index (κ2) is 9.38. The monoisotopic (exact) mass is 289 g/mol. The Morgan fingerprint density at radius 3 is 2.71 bits per heavy atom. The number of ether oxygens (including phenoxy) is 1. The Labute approximate surface area is 128 Å². The third kappa shape index (κ3) is 7.12. The van der Waals surface area contributed by atoms with Crippen molar-refractivity contribution in [3.8, 4) is 11.8 Å². The van der Waals surface area contributed by atoms with Crippen molar-refractivity contribution in [3.63, 3.8) is 0 Å². The Morgan fingerprint density at radius 1 is 1.33 bits per heavy atom. The van der Waals surface area contributed by atoms with Crippen LogP contribution in [0.3, 0.4) is 0 Å². The highest BCUT2D eigenvalue weighted by Crippen LogP contribution is 2.13. The summed E-state index contributed by atoms with van der Waals surface area (Å²) < 4.78 is 5.32. The van der Waals surface area contributed by atoms with Crippen LogP contribution in [0.25, 0.3) is 0 Å². The molecule has 0 aromatic heterocycles. The van der Waals surface area contributed by atoms with Crippen molar-refractivity contribution in [2.24, 2.45) is 5.92 Å². The Hall–Kier alpha value is -1.57. The van der Waals surface area contributed by atoms with Gasteiger partial charge in [-0.2, -0.15) is 5.26 Å². The Balaban J connectivity index is 2.45. The molecule has 1 aromatic carbocycles. The van der Waals surface area contributed by atoms with E-state index in [1.807, 2.05) is 24.3 Å². The molecule has 1 unspecified atom stereocenters. The van der Waals surface area contributed by atoms with E-state index >= 15 is 0 Å². The highest BCUT2D eigenvalue weighted by molar-refractivity contribution is 5.28. The predicted molar refractivity (Wildman–Crippen MR) is 86.2 cm³/mol. The van der Waals surface area contributed by atoms with Gasteiger partial charge < -0.3 is 15.0 Å². The topological polar surface area (TPSA) is 48.3 Å². The van der Waals surface area contributed by atoms with Crippen LogP contribution in [0.15, 0.2) is 24.3 Å². The van der Waals surface area contributed by atoms with E-state index in [4.69, 9.17) is 10.00 Å². The van der Waals surface area contributed by atoms with Gasteiger partial charge in [0.2, 0.25) is 0 Å². The number of hydrogen-bond donors (Lipinski definition) is 1. The van der Waals surface area contributed by atoms with E-state index in [1.54, 1.807) is 0 Å². The average molecular weight is 289 g/mol.